The van der Waals surface area contributed by atoms with Gasteiger partial charge in [0.05, 0.1) is 18.9 Å². The van der Waals surface area contributed by atoms with Gasteiger partial charge in [-0.15, -0.1) is 10.2 Å². The summed E-state index contributed by atoms with van der Waals surface area (Å²) in [7, 11) is 1.58. The van der Waals surface area contributed by atoms with Crippen molar-refractivity contribution in [2.24, 2.45) is 0 Å². The van der Waals surface area contributed by atoms with Crippen molar-refractivity contribution in [3.05, 3.63) is 66.2 Å². The minimum atomic E-state index is -0.128. The number of benzene rings is 2. The number of ether oxygens (including phenoxy) is 3. The number of rotatable bonds is 7. The van der Waals surface area contributed by atoms with E-state index < -0.39 is 0 Å². The van der Waals surface area contributed by atoms with E-state index in [-0.39, 0.29) is 12.0 Å². The highest BCUT2D eigenvalue weighted by molar-refractivity contribution is 5.95. The Morgan fingerprint density at radius 2 is 1.97 bits per heavy atom. The molecule has 7 heteroatoms. The van der Waals surface area contributed by atoms with Crippen LogP contribution >= 0.6 is 0 Å². The average Bonchev–Trinajstić information content (AvgIpc) is 3.32. The Bertz CT molecular complexity index is 1000. The van der Waals surface area contributed by atoms with Crippen LogP contribution in [0.4, 0.5) is 0 Å². The third-order valence-corrected chi connectivity index (χ3v) is 4.86. The van der Waals surface area contributed by atoms with Gasteiger partial charge in [-0.2, -0.15) is 0 Å². The lowest BCUT2D eigenvalue weighted by Gasteiger charge is -2.11. The summed E-state index contributed by atoms with van der Waals surface area (Å²) in [6, 6.07) is 18.2. The monoisotopic (exact) mass is 405 g/mol. The van der Waals surface area contributed by atoms with E-state index in [0.717, 1.165) is 25.0 Å². The maximum atomic E-state index is 12.5. The first-order valence-corrected chi connectivity index (χ1v) is 9.88. The van der Waals surface area contributed by atoms with E-state index in [1.165, 1.54) is 0 Å². The van der Waals surface area contributed by atoms with Crippen molar-refractivity contribution in [2.75, 3.05) is 20.3 Å². The number of carbonyl (C=O) groups is 1. The highest BCUT2D eigenvalue weighted by Crippen LogP contribution is 2.30. The van der Waals surface area contributed by atoms with Gasteiger partial charge in [-0.1, -0.05) is 24.3 Å². The van der Waals surface area contributed by atoms with Gasteiger partial charge in [0.1, 0.15) is 0 Å². The van der Waals surface area contributed by atoms with E-state index in [9.17, 15) is 4.79 Å². The molecule has 1 saturated heterocycles. The van der Waals surface area contributed by atoms with Crippen LogP contribution in [0.25, 0.3) is 11.3 Å². The van der Waals surface area contributed by atoms with Gasteiger partial charge >= 0.3 is 0 Å². The number of carbonyl (C=O) groups excluding carboxylic acids is 1. The third kappa shape index (κ3) is 4.75. The van der Waals surface area contributed by atoms with Crippen LogP contribution in [0.15, 0.2) is 60.7 Å². The number of hydrogen-bond acceptors (Lipinski definition) is 6. The molecule has 1 amide bonds. The molecule has 1 aliphatic heterocycles. The largest absolute Gasteiger partial charge is 0.493 e. The Balaban J connectivity index is 1.43. The minimum absolute atomic E-state index is 0.110. The van der Waals surface area contributed by atoms with Gasteiger partial charge in [0.15, 0.2) is 11.5 Å². The second-order valence-electron chi connectivity index (χ2n) is 6.94. The standard InChI is InChI=1S/C23H23N3O4/c1-28-20-9-2-3-10-21(20)30-22-12-11-19(25-26-22)16-6-4-7-17(14-16)23(27)24-15-18-8-5-13-29-18/h2-4,6-7,9-12,14,18H,5,8,13,15H2,1H3,(H,24,27)/t18-/m0/s1. The molecular weight excluding hydrogens is 382 g/mol. The molecule has 2 heterocycles. The molecule has 1 atom stereocenters. The van der Waals surface area contributed by atoms with Gasteiger partial charge in [-0.05, 0) is 43.2 Å². The van der Waals surface area contributed by atoms with Crippen molar-refractivity contribution < 1.29 is 19.0 Å². The predicted octanol–water partition coefficient (Wildman–Crippen LogP) is 3.85. The van der Waals surface area contributed by atoms with Crippen molar-refractivity contribution >= 4 is 5.91 Å². The van der Waals surface area contributed by atoms with E-state index in [1.54, 1.807) is 37.4 Å². The Labute approximate surface area is 175 Å². The Kier molecular flexibility index (Phi) is 6.20. The topological polar surface area (TPSA) is 82.6 Å². The number of aromatic nitrogens is 2. The number of nitrogens with one attached hydrogen (secondary N) is 1. The molecule has 3 aromatic rings. The molecule has 4 rings (SSSR count). The van der Waals surface area contributed by atoms with Crippen molar-refractivity contribution in [1.82, 2.24) is 15.5 Å². The van der Waals surface area contributed by atoms with Crippen molar-refractivity contribution in [1.29, 1.82) is 0 Å². The summed E-state index contributed by atoms with van der Waals surface area (Å²) in [6.45, 7) is 1.29. The van der Waals surface area contributed by atoms with Gasteiger partial charge in [-0.3, -0.25) is 4.79 Å². The van der Waals surface area contributed by atoms with Crippen LogP contribution in [0.1, 0.15) is 23.2 Å². The van der Waals surface area contributed by atoms with Crippen LogP contribution in [-0.2, 0) is 4.74 Å². The Morgan fingerprint density at radius 1 is 1.10 bits per heavy atom. The molecule has 0 radical (unpaired) electrons. The number of methoxy groups -OCH3 is 1. The lowest BCUT2D eigenvalue weighted by molar-refractivity contribution is 0.0858. The molecule has 0 bridgehead atoms. The first-order chi connectivity index (χ1) is 14.7. The van der Waals surface area contributed by atoms with Gasteiger partial charge in [0.2, 0.25) is 5.88 Å². The first-order valence-electron chi connectivity index (χ1n) is 9.88. The molecular formula is C23H23N3O4. The van der Waals surface area contributed by atoms with Crippen LogP contribution < -0.4 is 14.8 Å². The molecule has 1 aliphatic rings. The summed E-state index contributed by atoms with van der Waals surface area (Å²) in [5, 5.41) is 11.3. The zero-order chi connectivity index (χ0) is 20.8. The van der Waals surface area contributed by atoms with E-state index in [4.69, 9.17) is 14.2 Å². The van der Waals surface area contributed by atoms with Crippen LogP contribution in [0, 0.1) is 0 Å². The fourth-order valence-electron chi connectivity index (χ4n) is 3.28. The zero-order valence-electron chi connectivity index (χ0n) is 16.7. The summed E-state index contributed by atoms with van der Waals surface area (Å²) in [4.78, 5) is 12.5. The molecule has 0 saturated carbocycles. The molecule has 0 unspecified atom stereocenters. The lowest BCUT2D eigenvalue weighted by atomic mass is 10.1. The molecule has 1 fully saturated rings. The fourth-order valence-corrected chi connectivity index (χ4v) is 3.28. The van der Waals surface area contributed by atoms with E-state index >= 15 is 0 Å². The van der Waals surface area contributed by atoms with Crippen LogP contribution in [-0.4, -0.2) is 42.5 Å². The summed E-state index contributed by atoms with van der Waals surface area (Å²) < 4.78 is 16.6. The molecule has 1 aromatic heterocycles. The fraction of sp³-hybridized carbons (Fsp3) is 0.261. The first kappa shape index (κ1) is 19.8. The quantitative estimate of drug-likeness (QED) is 0.643. The molecule has 0 aliphatic carbocycles. The molecule has 0 spiro atoms. The average molecular weight is 405 g/mol. The van der Waals surface area contributed by atoms with Gasteiger partial charge in [0, 0.05) is 30.3 Å². The van der Waals surface area contributed by atoms with Crippen LogP contribution in [0.2, 0.25) is 0 Å². The smallest absolute Gasteiger partial charge is 0.251 e. The van der Waals surface area contributed by atoms with E-state index in [0.29, 0.717) is 35.2 Å². The van der Waals surface area contributed by atoms with Gasteiger partial charge in [0.25, 0.3) is 5.91 Å². The maximum absolute atomic E-state index is 12.5. The number of hydrogen-bond donors (Lipinski definition) is 1. The highest BCUT2D eigenvalue weighted by Gasteiger charge is 2.17. The highest BCUT2D eigenvalue weighted by atomic mass is 16.5. The van der Waals surface area contributed by atoms with E-state index in [1.807, 2.05) is 30.3 Å². The molecule has 2 aromatic carbocycles. The second kappa shape index (κ2) is 9.37. The minimum Gasteiger partial charge on any atom is -0.493 e. The van der Waals surface area contributed by atoms with Crippen molar-refractivity contribution in [3.8, 4) is 28.6 Å². The Hall–Kier alpha value is -3.45. The number of para-hydroxylation sites is 2. The molecule has 1 N–H and O–H groups in total. The molecule has 154 valence electrons. The van der Waals surface area contributed by atoms with Crippen LogP contribution in [0.5, 0.6) is 17.4 Å². The molecule has 7 nitrogen and oxygen atoms in total. The molecule has 30 heavy (non-hydrogen) atoms. The Morgan fingerprint density at radius 3 is 2.70 bits per heavy atom. The van der Waals surface area contributed by atoms with Crippen molar-refractivity contribution in [2.45, 2.75) is 18.9 Å². The SMILES string of the molecule is COc1ccccc1Oc1ccc(-c2cccc(C(=O)NC[C@@H]3CCCO3)c2)nn1. The normalized spacial score (nSPS) is 15.6. The van der Waals surface area contributed by atoms with E-state index in [2.05, 4.69) is 15.5 Å². The van der Waals surface area contributed by atoms with Gasteiger partial charge < -0.3 is 19.5 Å². The lowest BCUT2D eigenvalue weighted by Crippen LogP contribution is -2.31. The van der Waals surface area contributed by atoms with Gasteiger partial charge in [-0.25, -0.2) is 0 Å². The summed E-state index contributed by atoms with van der Waals surface area (Å²) >= 11 is 0. The van der Waals surface area contributed by atoms with Crippen molar-refractivity contribution in [3.63, 3.8) is 0 Å². The summed E-state index contributed by atoms with van der Waals surface area (Å²) in [5.41, 5.74) is 2.02. The third-order valence-electron chi connectivity index (χ3n) is 4.86. The summed E-state index contributed by atoms with van der Waals surface area (Å²) in [5.74, 6) is 1.40. The predicted molar refractivity (Wildman–Crippen MR) is 112 cm³/mol. The van der Waals surface area contributed by atoms with Crippen LogP contribution in [0.3, 0.4) is 0 Å². The zero-order valence-corrected chi connectivity index (χ0v) is 16.7. The number of amides is 1. The number of nitrogens with zero attached hydrogens (tertiary/aromatic N) is 2. The maximum Gasteiger partial charge on any atom is 0.251 e. The summed E-state index contributed by atoms with van der Waals surface area (Å²) in [6.07, 6.45) is 2.14. The second-order valence-corrected chi connectivity index (χ2v) is 6.94.